The lowest BCUT2D eigenvalue weighted by Gasteiger charge is -2.39. The molecule has 0 fully saturated rings. The molecule has 0 radical (unpaired) electrons. The molecule has 0 amide bonds. The Bertz CT molecular complexity index is 1010. The number of ether oxygens (including phenoxy) is 1. The van der Waals surface area contributed by atoms with Crippen LogP contribution in [0.5, 0.6) is 0 Å². The highest BCUT2D eigenvalue weighted by molar-refractivity contribution is 6.30. The summed E-state index contributed by atoms with van der Waals surface area (Å²) in [6.07, 6.45) is 1.35. The van der Waals surface area contributed by atoms with Crippen LogP contribution in [0, 0.1) is 0 Å². The molecule has 0 saturated heterocycles. The van der Waals surface area contributed by atoms with E-state index in [1.54, 1.807) is 0 Å². The maximum Gasteiger partial charge on any atom is 0.339 e. The van der Waals surface area contributed by atoms with Gasteiger partial charge in [-0.25, -0.2) is 4.79 Å². The molecule has 148 valence electrons. The second kappa shape index (κ2) is 8.02. The van der Waals surface area contributed by atoms with E-state index in [2.05, 4.69) is 23.1 Å². The van der Waals surface area contributed by atoms with E-state index in [4.69, 9.17) is 16.3 Å². The molecule has 0 saturated carbocycles. The molecule has 1 atom stereocenters. The molecule has 0 bridgehead atoms. The molecule has 3 nitrogen and oxygen atoms in total. The predicted molar refractivity (Wildman–Crippen MR) is 117 cm³/mol. The number of fused-ring (bicyclic) bond motifs is 1. The Hall–Kier alpha value is -2.62. The summed E-state index contributed by atoms with van der Waals surface area (Å²) < 4.78 is 6.11. The third-order valence-electron chi connectivity index (χ3n) is 5.53. The molecule has 3 aromatic rings. The van der Waals surface area contributed by atoms with Crippen molar-refractivity contribution in [2.45, 2.75) is 18.4 Å². The summed E-state index contributed by atoms with van der Waals surface area (Å²) in [5, 5.41) is 0.672. The van der Waals surface area contributed by atoms with Gasteiger partial charge in [-0.15, -0.1) is 0 Å². The summed E-state index contributed by atoms with van der Waals surface area (Å²) in [6, 6.07) is 23.9. The summed E-state index contributed by atoms with van der Waals surface area (Å²) in [5.74, 6) is -0.264. The van der Waals surface area contributed by atoms with E-state index < -0.39 is 5.60 Å². The highest BCUT2D eigenvalue weighted by Gasteiger charge is 2.41. The number of nitrogens with zero attached hydrogens (tertiary/aromatic N) is 1. The van der Waals surface area contributed by atoms with Crippen LogP contribution in [0.3, 0.4) is 0 Å². The van der Waals surface area contributed by atoms with Crippen molar-refractivity contribution in [3.05, 3.63) is 94.5 Å². The lowest BCUT2D eigenvalue weighted by molar-refractivity contribution is -0.0354. The first-order chi connectivity index (χ1) is 14.0. The minimum Gasteiger partial charge on any atom is -0.450 e. The van der Waals surface area contributed by atoms with Gasteiger partial charge in [-0.1, -0.05) is 66.2 Å². The van der Waals surface area contributed by atoms with Gasteiger partial charge in [0.25, 0.3) is 0 Å². The summed E-state index contributed by atoms with van der Waals surface area (Å²) in [4.78, 5) is 15.1. The summed E-state index contributed by atoms with van der Waals surface area (Å²) in [6.45, 7) is 0.809. The number of cyclic esters (lactones) is 1. The zero-order valence-corrected chi connectivity index (χ0v) is 17.4. The number of hydrogen-bond acceptors (Lipinski definition) is 3. The average molecular weight is 406 g/mol. The largest absolute Gasteiger partial charge is 0.450 e. The third-order valence-corrected chi connectivity index (χ3v) is 5.78. The quantitative estimate of drug-likeness (QED) is 0.520. The van der Waals surface area contributed by atoms with Gasteiger partial charge in [0, 0.05) is 24.4 Å². The maximum atomic E-state index is 13.0. The minimum atomic E-state index is -0.700. The van der Waals surface area contributed by atoms with Crippen LogP contribution >= 0.6 is 11.6 Å². The number of rotatable bonds is 5. The van der Waals surface area contributed by atoms with Gasteiger partial charge in [0.05, 0.1) is 5.56 Å². The maximum absolute atomic E-state index is 13.0. The number of carbonyl (C=O) groups is 1. The predicted octanol–water partition coefficient (Wildman–Crippen LogP) is 5.57. The Labute approximate surface area is 176 Å². The first-order valence-corrected chi connectivity index (χ1v) is 10.2. The Morgan fingerprint density at radius 2 is 1.69 bits per heavy atom. The molecule has 0 spiro atoms. The van der Waals surface area contributed by atoms with Gasteiger partial charge in [0.1, 0.15) is 5.60 Å². The van der Waals surface area contributed by atoms with Gasteiger partial charge in [-0.2, -0.15) is 0 Å². The lowest BCUT2D eigenvalue weighted by Crippen LogP contribution is -2.41. The summed E-state index contributed by atoms with van der Waals surface area (Å²) in [7, 11) is 4.06. The zero-order chi connectivity index (χ0) is 20.4. The van der Waals surface area contributed by atoms with E-state index in [9.17, 15) is 4.79 Å². The molecule has 29 heavy (non-hydrogen) atoms. The molecular weight excluding hydrogens is 382 g/mol. The summed E-state index contributed by atoms with van der Waals surface area (Å²) >= 11 is 6.11. The fourth-order valence-electron chi connectivity index (χ4n) is 3.93. The van der Waals surface area contributed by atoms with Crippen LogP contribution in [0.2, 0.25) is 5.02 Å². The van der Waals surface area contributed by atoms with Crippen LogP contribution in [0.4, 0.5) is 0 Å². The lowest BCUT2D eigenvalue weighted by atomic mass is 9.80. The van der Waals surface area contributed by atoms with Gasteiger partial charge < -0.3 is 9.64 Å². The van der Waals surface area contributed by atoms with Crippen LogP contribution in [0.15, 0.2) is 72.8 Å². The number of benzene rings is 3. The zero-order valence-electron chi connectivity index (χ0n) is 16.7. The fraction of sp³-hybridized carbons (Fsp3) is 0.240. The minimum absolute atomic E-state index is 0.264. The Morgan fingerprint density at radius 3 is 2.38 bits per heavy atom. The van der Waals surface area contributed by atoms with Crippen molar-refractivity contribution in [2.75, 3.05) is 20.6 Å². The van der Waals surface area contributed by atoms with E-state index in [0.717, 1.165) is 28.8 Å². The molecule has 4 rings (SSSR count). The van der Waals surface area contributed by atoms with E-state index in [0.29, 0.717) is 23.4 Å². The normalized spacial score (nSPS) is 18.4. The first-order valence-electron chi connectivity index (χ1n) is 9.79. The van der Waals surface area contributed by atoms with E-state index in [1.165, 1.54) is 0 Å². The first kappa shape index (κ1) is 19.7. The van der Waals surface area contributed by atoms with Gasteiger partial charge in [0.2, 0.25) is 0 Å². The molecule has 0 aliphatic carbocycles. The third kappa shape index (κ3) is 4.07. The number of hydrogen-bond donors (Lipinski definition) is 0. The van der Waals surface area contributed by atoms with Crippen molar-refractivity contribution in [3.63, 3.8) is 0 Å². The van der Waals surface area contributed by atoms with E-state index in [1.807, 2.05) is 68.7 Å². The highest BCUT2D eigenvalue weighted by atomic mass is 35.5. The van der Waals surface area contributed by atoms with E-state index >= 15 is 0 Å². The number of esters is 1. The molecule has 1 aliphatic rings. The molecule has 3 aromatic carbocycles. The van der Waals surface area contributed by atoms with Gasteiger partial charge in [0.15, 0.2) is 0 Å². The van der Waals surface area contributed by atoms with Gasteiger partial charge in [-0.3, -0.25) is 0 Å². The Kier molecular flexibility index (Phi) is 5.44. The molecule has 4 heteroatoms. The fourth-order valence-corrected chi connectivity index (χ4v) is 4.05. The van der Waals surface area contributed by atoms with Gasteiger partial charge >= 0.3 is 5.97 Å². The Balaban J connectivity index is 1.77. The molecule has 1 unspecified atom stereocenters. The highest BCUT2D eigenvalue weighted by Crippen LogP contribution is 2.40. The van der Waals surface area contributed by atoms with Crippen LogP contribution < -0.4 is 0 Å². The average Bonchev–Trinajstić information content (AvgIpc) is 2.73. The van der Waals surface area contributed by atoms with Crippen LogP contribution in [-0.4, -0.2) is 31.5 Å². The topological polar surface area (TPSA) is 29.5 Å². The van der Waals surface area contributed by atoms with Crippen molar-refractivity contribution < 1.29 is 9.53 Å². The second-order valence-corrected chi connectivity index (χ2v) is 8.30. The summed E-state index contributed by atoms with van der Waals surface area (Å²) in [5.41, 5.74) is 4.20. The second-order valence-electron chi connectivity index (χ2n) is 7.86. The van der Waals surface area contributed by atoms with Crippen molar-refractivity contribution in [1.29, 1.82) is 0 Å². The Morgan fingerprint density at radius 1 is 0.966 bits per heavy atom. The molecule has 1 aliphatic heterocycles. The van der Waals surface area contributed by atoms with Crippen molar-refractivity contribution in [3.8, 4) is 11.1 Å². The SMILES string of the molecule is CN(C)CCC1(c2ccc(Cl)cc2)Cc2cc(-c3ccccc3)ccc2C(=O)O1. The molecule has 0 aromatic heterocycles. The van der Waals surface area contributed by atoms with E-state index in [-0.39, 0.29) is 5.97 Å². The van der Waals surface area contributed by atoms with Crippen molar-refractivity contribution in [1.82, 2.24) is 4.90 Å². The molecular formula is C25H24ClNO2. The van der Waals surface area contributed by atoms with Crippen LogP contribution in [0.25, 0.3) is 11.1 Å². The van der Waals surface area contributed by atoms with Crippen molar-refractivity contribution in [2.24, 2.45) is 0 Å². The standard InChI is InChI=1S/C25H24ClNO2/c1-27(2)15-14-25(21-9-11-22(26)12-10-21)17-20-16-19(18-6-4-3-5-7-18)8-13-23(20)24(28)29-25/h3-13,16H,14-15,17H2,1-2H3. The molecule has 1 heterocycles. The van der Waals surface area contributed by atoms with Crippen molar-refractivity contribution >= 4 is 17.6 Å². The molecule has 0 N–H and O–H groups in total. The number of carbonyl (C=O) groups excluding carboxylic acids is 1. The van der Waals surface area contributed by atoms with Crippen LogP contribution in [0.1, 0.15) is 27.9 Å². The van der Waals surface area contributed by atoms with Crippen LogP contribution in [-0.2, 0) is 16.8 Å². The number of halogens is 1. The van der Waals surface area contributed by atoms with Gasteiger partial charge in [-0.05, 0) is 54.5 Å². The smallest absolute Gasteiger partial charge is 0.339 e. The monoisotopic (exact) mass is 405 g/mol.